The van der Waals surface area contributed by atoms with Gasteiger partial charge in [0.1, 0.15) is 0 Å². The third-order valence-electron chi connectivity index (χ3n) is 3.67. The highest BCUT2D eigenvalue weighted by Gasteiger charge is 2.20. The van der Waals surface area contributed by atoms with Gasteiger partial charge >= 0.3 is 0 Å². The Morgan fingerprint density at radius 3 is 2.25 bits per heavy atom. The van der Waals surface area contributed by atoms with E-state index >= 15 is 0 Å². The monoisotopic (exact) mass is 352 g/mol. The van der Waals surface area contributed by atoms with Crippen LogP contribution in [0.25, 0.3) is 6.08 Å². The molecule has 0 aromatic heterocycles. The Balaban J connectivity index is 2.71. The summed E-state index contributed by atoms with van der Waals surface area (Å²) in [6.45, 7) is 9.38. The molecule has 0 saturated heterocycles. The van der Waals surface area contributed by atoms with Gasteiger partial charge in [-0.25, -0.2) is 8.42 Å². The first-order valence-corrected chi connectivity index (χ1v) is 9.81. The molecule has 1 aromatic carbocycles. The minimum Gasteiger partial charge on any atom is -0.353 e. The van der Waals surface area contributed by atoms with E-state index in [1.165, 1.54) is 10.4 Å². The fourth-order valence-electron chi connectivity index (χ4n) is 2.18. The van der Waals surface area contributed by atoms with Crippen molar-refractivity contribution in [3.8, 4) is 0 Å². The molecule has 0 saturated carbocycles. The van der Waals surface area contributed by atoms with Gasteiger partial charge in [-0.3, -0.25) is 4.79 Å². The minimum absolute atomic E-state index is 0.143. The van der Waals surface area contributed by atoms with Crippen LogP contribution in [0.3, 0.4) is 0 Å². The number of benzene rings is 1. The molecule has 1 aromatic rings. The summed E-state index contributed by atoms with van der Waals surface area (Å²) < 4.78 is 26.2. The van der Waals surface area contributed by atoms with E-state index in [4.69, 9.17) is 0 Å². The van der Waals surface area contributed by atoms with Gasteiger partial charge in [0, 0.05) is 25.7 Å². The van der Waals surface area contributed by atoms with E-state index in [1.807, 2.05) is 13.8 Å². The molecule has 0 bridgehead atoms. The van der Waals surface area contributed by atoms with Crippen molar-refractivity contribution in [2.75, 3.05) is 19.6 Å². The zero-order valence-corrected chi connectivity index (χ0v) is 15.8. The molecule has 0 fully saturated rings. The molecule has 1 amide bonds. The average Bonchev–Trinajstić information content (AvgIpc) is 2.54. The van der Waals surface area contributed by atoms with Crippen LogP contribution in [0.5, 0.6) is 0 Å². The van der Waals surface area contributed by atoms with Crippen LogP contribution in [0.2, 0.25) is 0 Å². The smallest absolute Gasteiger partial charge is 0.243 e. The molecule has 0 atom stereocenters. The average molecular weight is 353 g/mol. The maximum absolute atomic E-state index is 12.4. The zero-order chi connectivity index (χ0) is 18.2. The van der Waals surface area contributed by atoms with Crippen LogP contribution in [-0.2, 0) is 14.8 Å². The van der Waals surface area contributed by atoms with Gasteiger partial charge in [-0.15, -0.1) is 0 Å². The number of carbonyl (C=O) groups excluding carboxylic acids is 1. The van der Waals surface area contributed by atoms with Crippen molar-refractivity contribution in [1.82, 2.24) is 9.62 Å². The molecule has 1 rings (SSSR count). The molecule has 134 valence electrons. The third-order valence-corrected chi connectivity index (χ3v) is 5.74. The van der Waals surface area contributed by atoms with E-state index in [2.05, 4.69) is 19.2 Å². The first-order valence-electron chi connectivity index (χ1n) is 8.37. The molecule has 6 heteroatoms. The highest BCUT2D eigenvalue weighted by molar-refractivity contribution is 7.89. The van der Waals surface area contributed by atoms with Crippen LogP contribution in [-0.4, -0.2) is 38.3 Å². The van der Waals surface area contributed by atoms with Crippen molar-refractivity contribution in [3.05, 3.63) is 35.9 Å². The Hall–Kier alpha value is -1.66. The van der Waals surface area contributed by atoms with E-state index in [9.17, 15) is 13.2 Å². The van der Waals surface area contributed by atoms with Crippen LogP contribution in [0.1, 0.15) is 39.7 Å². The molecule has 0 aliphatic rings. The molecule has 5 nitrogen and oxygen atoms in total. The Kier molecular flexibility index (Phi) is 8.15. The van der Waals surface area contributed by atoms with E-state index in [0.29, 0.717) is 25.6 Å². The molecular formula is C18H28N2O3S. The lowest BCUT2D eigenvalue weighted by atomic mass is 10.1. The largest absolute Gasteiger partial charge is 0.353 e. The van der Waals surface area contributed by atoms with Gasteiger partial charge in [-0.2, -0.15) is 4.31 Å². The van der Waals surface area contributed by atoms with Gasteiger partial charge in [-0.05, 0) is 36.1 Å². The SMILES string of the molecule is CCN(CC)S(=O)(=O)c1ccc(/C=C/C(=O)NCCC(C)C)cc1. The number of hydrogen-bond acceptors (Lipinski definition) is 3. The van der Waals surface area contributed by atoms with Gasteiger partial charge in [-0.1, -0.05) is 39.8 Å². The molecule has 0 radical (unpaired) electrons. The number of nitrogens with one attached hydrogen (secondary N) is 1. The zero-order valence-electron chi connectivity index (χ0n) is 15.0. The van der Waals surface area contributed by atoms with Crippen molar-refractivity contribution >= 4 is 22.0 Å². The van der Waals surface area contributed by atoms with Gasteiger partial charge in [0.2, 0.25) is 15.9 Å². The van der Waals surface area contributed by atoms with Crippen molar-refractivity contribution in [2.45, 2.75) is 39.0 Å². The number of amides is 1. The van der Waals surface area contributed by atoms with Crippen LogP contribution < -0.4 is 5.32 Å². The number of sulfonamides is 1. The molecule has 1 N–H and O–H groups in total. The van der Waals surface area contributed by atoms with Gasteiger partial charge in [0.05, 0.1) is 4.90 Å². The first-order chi connectivity index (χ1) is 11.3. The van der Waals surface area contributed by atoms with E-state index in [1.54, 1.807) is 30.3 Å². The molecule has 0 aliphatic heterocycles. The molecule has 0 aliphatic carbocycles. The van der Waals surface area contributed by atoms with Crippen LogP contribution in [0.15, 0.2) is 35.2 Å². The quantitative estimate of drug-likeness (QED) is 0.695. The molecule has 0 spiro atoms. The molecule has 24 heavy (non-hydrogen) atoms. The predicted octanol–water partition coefficient (Wildman–Crippen LogP) is 2.89. The summed E-state index contributed by atoms with van der Waals surface area (Å²) in [5.74, 6) is 0.407. The third kappa shape index (κ3) is 6.09. The summed E-state index contributed by atoms with van der Waals surface area (Å²) in [5, 5.41) is 2.82. The molecular weight excluding hydrogens is 324 g/mol. The number of rotatable bonds is 9. The van der Waals surface area contributed by atoms with Crippen LogP contribution in [0, 0.1) is 5.92 Å². The second kappa shape index (κ2) is 9.59. The van der Waals surface area contributed by atoms with E-state index < -0.39 is 10.0 Å². The Morgan fingerprint density at radius 1 is 1.17 bits per heavy atom. The van der Waals surface area contributed by atoms with Crippen molar-refractivity contribution < 1.29 is 13.2 Å². The highest BCUT2D eigenvalue weighted by Crippen LogP contribution is 2.16. The maximum atomic E-state index is 12.4. The van der Waals surface area contributed by atoms with Crippen LogP contribution in [0.4, 0.5) is 0 Å². The maximum Gasteiger partial charge on any atom is 0.243 e. The lowest BCUT2D eigenvalue weighted by Crippen LogP contribution is -2.30. The summed E-state index contributed by atoms with van der Waals surface area (Å²) in [5.41, 5.74) is 0.785. The van der Waals surface area contributed by atoms with Crippen molar-refractivity contribution in [2.24, 2.45) is 5.92 Å². The highest BCUT2D eigenvalue weighted by atomic mass is 32.2. The second-order valence-corrected chi connectivity index (χ2v) is 7.90. The van der Waals surface area contributed by atoms with Crippen molar-refractivity contribution in [3.63, 3.8) is 0 Å². The van der Waals surface area contributed by atoms with Gasteiger partial charge in [0.25, 0.3) is 0 Å². The minimum atomic E-state index is -3.44. The summed E-state index contributed by atoms with van der Waals surface area (Å²) in [6, 6.07) is 6.55. The fraction of sp³-hybridized carbons (Fsp3) is 0.500. The summed E-state index contributed by atoms with van der Waals surface area (Å²) >= 11 is 0. The van der Waals surface area contributed by atoms with Gasteiger partial charge in [0.15, 0.2) is 0 Å². The van der Waals surface area contributed by atoms with E-state index in [0.717, 1.165) is 12.0 Å². The van der Waals surface area contributed by atoms with E-state index in [-0.39, 0.29) is 10.8 Å². The lowest BCUT2D eigenvalue weighted by Gasteiger charge is -2.18. The number of carbonyl (C=O) groups is 1. The Bertz CT molecular complexity index is 645. The summed E-state index contributed by atoms with van der Waals surface area (Å²) in [7, 11) is -3.44. The fourth-order valence-corrected chi connectivity index (χ4v) is 3.64. The second-order valence-electron chi connectivity index (χ2n) is 5.97. The predicted molar refractivity (Wildman–Crippen MR) is 98.0 cm³/mol. The van der Waals surface area contributed by atoms with Crippen LogP contribution >= 0.6 is 0 Å². The standard InChI is InChI=1S/C18H28N2O3S/c1-5-20(6-2)24(22,23)17-10-7-16(8-11-17)9-12-18(21)19-14-13-15(3)4/h7-12,15H,5-6,13-14H2,1-4H3,(H,19,21)/b12-9+. The van der Waals surface area contributed by atoms with Gasteiger partial charge < -0.3 is 5.32 Å². The Labute approximate surface area is 145 Å². The molecule has 0 heterocycles. The lowest BCUT2D eigenvalue weighted by molar-refractivity contribution is -0.116. The topological polar surface area (TPSA) is 66.5 Å². The van der Waals surface area contributed by atoms with Crippen molar-refractivity contribution in [1.29, 1.82) is 0 Å². The first kappa shape index (κ1) is 20.4. The number of nitrogens with zero attached hydrogens (tertiary/aromatic N) is 1. The normalized spacial score (nSPS) is 12.2. The Morgan fingerprint density at radius 2 is 1.75 bits per heavy atom. The molecule has 0 unspecified atom stereocenters. The summed E-state index contributed by atoms with van der Waals surface area (Å²) in [6.07, 6.45) is 4.09. The number of hydrogen-bond donors (Lipinski definition) is 1. The summed E-state index contributed by atoms with van der Waals surface area (Å²) in [4.78, 5) is 12.0.